The summed E-state index contributed by atoms with van der Waals surface area (Å²) in [6, 6.07) is 7.59. The minimum absolute atomic E-state index is 0.415. The first-order chi connectivity index (χ1) is 9.77. The molecule has 1 rings (SSSR count). The molecule has 0 atom stereocenters. The second-order valence-electron chi connectivity index (χ2n) is 5.05. The van der Waals surface area contributed by atoms with Gasteiger partial charge < -0.3 is 0 Å². The Labute approximate surface area is 122 Å². The summed E-state index contributed by atoms with van der Waals surface area (Å²) < 4.78 is 0. The highest BCUT2D eigenvalue weighted by Crippen LogP contribution is 2.10. The lowest BCUT2D eigenvalue weighted by molar-refractivity contribution is -0.241. The number of benzene rings is 1. The van der Waals surface area contributed by atoms with E-state index >= 15 is 0 Å². The average Bonchev–Trinajstić information content (AvgIpc) is 2.48. The molecule has 0 unspecified atom stereocenters. The molecule has 0 radical (unpaired) electrons. The minimum Gasteiger partial charge on any atom is -0.293 e. The Morgan fingerprint density at radius 2 is 1.60 bits per heavy atom. The largest absolute Gasteiger partial charge is 0.373 e. The zero-order valence-electron chi connectivity index (χ0n) is 12.7. The van der Waals surface area contributed by atoms with Crippen molar-refractivity contribution < 1.29 is 14.6 Å². The van der Waals surface area contributed by atoms with Crippen molar-refractivity contribution in [2.75, 3.05) is 6.61 Å². The third-order valence-electron chi connectivity index (χ3n) is 3.22. The van der Waals surface area contributed by atoms with Crippen LogP contribution in [-0.2, 0) is 16.2 Å². The van der Waals surface area contributed by atoms with Gasteiger partial charge >= 0.3 is 5.97 Å². The van der Waals surface area contributed by atoms with E-state index in [2.05, 4.69) is 13.8 Å². The van der Waals surface area contributed by atoms with Crippen LogP contribution in [0.2, 0.25) is 0 Å². The Hall–Kier alpha value is -1.35. The van der Waals surface area contributed by atoms with Gasteiger partial charge in [0, 0.05) is 0 Å². The second-order valence-corrected chi connectivity index (χ2v) is 5.05. The number of hydrogen-bond acceptors (Lipinski definition) is 3. The summed E-state index contributed by atoms with van der Waals surface area (Å²) >= 11 is 0. The second kappa shape index (κ2) is 10.4. The molecule has 0 fully saturated rings. The van der Waals surface area contributed by atoms with E-state index < -0.39 is 5.97 Å². The summed E-state index contributed by atoms with van der Waals surface area (Å²) in [5, 5.41) is 0. The van der Waals surface area contributed by atoms with Crippen molar-refractivity contribution in [3.05, 3.63) is 35.4 Å². The summed E-state index contributed by atoms with van der Waals surface area (Å²) in [6.07, 6.45) is 7.85. The Bertz CT molecular complexity index is 370. The first-order valence-corrected chi connectivity index (χ1v) is 7.70. The van der Waals surface area contributed by atoms with Crippen LogP contribution in [0, 0.1) is 0 Å². The average molecular weight is 278 g/mol. The van der Waals surface area contributed by atoms with Gasteiger partial charge in [-0.25, -0.2) is 4.79 Å². The smallest absolute Gasteiger partial charge is 0.293 e. The number of aryl methyl sites for hydroxylation is 1. The van der Waals surface area contributed by atoms with Crippen LogP contribution in [0.15, 0.2) is 24.3 Å². The number of unbranched alkanes of at least 4 members (excludes halogenated alkanes) is 4. The van der Waals surface area contributed by atoms with Crippen LogP contribution in [0.25, 0.3) is 0 Å². The SMILES string of the molecule is CCCCCOOC(=O)c1ccc(CCCCC)cc1. The van der Waals surface area contributed by atoms with Crippen LogP contribution in [0.5, 0.6) is 0 Å². The Morgan fingerprint density at radius 3 is 2.25 bits per heavy atom. The zero-order valence-corrected chi connectivity index (χ0v) is 12.7. The highest BCUT2D eigenvalue weighted by atomic mass is 17.2. The fraction of sp³-hybridized carbons (Fsp3) is 0.588. The van der Waals surface area contributed by atoms with Crippen LogP contribution >= 0.6 is 0 Å². The molecule has 112 valence electrons. The molecule has 0 aliphatic rings. The van der Waals surface area contributed by atoms with Gasteiger partial charge in [-0.05, 0) is 37.0 Å². The van der Waals surface area contributed by atoms with E-state index in [9.17, 15) is 4.79 Å². The van der Waals surface area contributed by atoms with E-state index in [4.69, 9.17) is 9.78 Å². The minimum atomic E-state index is -0.415. The standard InChI is InChI=1S/C17H26O3/c1-3-5-7-9-15-10-12-16(13-11-15)17(18)20-19-14-8-6-4-2/h10-13H,3-9,14H2,1-2H3. The fourth-order valence-corrected chi connectivity index (χ4v) is 1.94. The Morgan fingerprint density at radius 1 is 0.950 bits per heavy atom. The molecule has 1 aromatic rings. The lowest BCUT2D eigenvalue weighted by Crippen LogP contribution is -2.07. The number of carbonyl (C=O) groups is 1. The molecule has 0 aromatic heterocycles. The Kier molecular flexibility index (Phi) is 8.72. The van der Waals surface area contributed by atoms with E-state index in [-0.39, 0.29) is 0 Å². The molecule has 0 N–H and O–H groups in total. The maximum atomic E-state index is 11.7. The van der Waals surface area contributed by atoms with Gasteiger partial charge in [-0.2, -0.15) is 4.89 Å². The lowest BCUT2D eigenvalue weighted by Gasteiger charge is -2.05. The van der Waals surface area contributed by atoms with Crippen LogP contribution in [0.4, 0.5) is 0 Å². The van der Waals surface area contributed by atoms with Crippen molar-refractivity contribution in [2.24, 2.45) is 0 Å². The molecule has 0 amide bonds. The van der Waals surface area contributed by atoms with Crippen molar-refractivity contribution in [1.82, 2.24) is 0 Å². The van der Waals surface area contributed by atoms with Crippen molar-refractivity contribution in [1.29, 1.82) is 0 Å². The normalized spacial score (nSPS) is 10.5. The zero-order chi connectivity index (χ0) is 14.6. The predicted molar refractivity (Wildman–Crippen MR) is 80.6 cm³/mol. The van der Waals surface area contributed by atoms with Gasteiger partial charge in [0.05, 0.1) is 12.2 Å². The van der Waals surface area contributed by atoms with Gasteiger partial charge in [-0.1, -0.05) is 51.7 Å². The molecule has 0 saturated carbocycles. The van der Waals surface area contributed by atoms with Crippen molar-refractivity contribution in [2.45, 2.75) is 58.8 Å². The van der Waals surface area contributed by atoms with E-state index in [1.807, 2.05) is 12.1 Å². The maximum absolute atomic E-state index is 11.7. The van der Waals surface area contributed by atoms with Crippen molar-refractivity contribution in [3.8, 4) is 0 Å². The molecule has 0 bridgehead atoms. The molecule has 20 heavy (non-hydrogen) atoms. The van der Waals surface area contributed by atoms with Crippen LogP contribution < -0.4 is 0 Å². The van der Waals surface area contributed by atoms with Crippen LogP contribution in [-0.4, -0.2) is 12.6 Å². The molecule has 3 heteroatoms. The van der Waals surface area contributed by atoms with Crippen molar-refractivity contribution in [3.63, 3.8) is 0 Å². The Balaban J connectivity index is 2.30. The van der Waals surface area contributed by atoms with Crippen LogP contribution in [0.3, 0.4) is 0 Å². The first kappa shape index (κ1) is 16.7. The van der Waals surface area contributed by atoms with Crippen molar-refractivity contribution >= 4 is 5.97 Å². The summed E-state index contributed by atoms with van der Waals surface area (Å²) in [4.78, 5) is 21.4. The van der Waals surface area contributed by atoms with Gasteiger partial charge in [0.15, 0.2) is 0 Å². The first-order valence-electron chi connectivity index (χ1n) is 7.70. The van der Waals surface area contributed by atoms with Gasteiger partial charge in [0.2, 0.25) is 0 Å². The number of hydrogen-bond donors (Lipinski definition) is 0. The van der Waals surface area contributed by atoms with E-state index in [1.165, 1.54) is 24.8 Å². The van der Waals surface area contributed by atoms with Crippen LogP contribution in [0.1, 0.15) is 68.3 Å². The highest BCUT2D eigenvalue weighted by Gasteiger charge is 2.07. The third kappa shape index (κ3) is 6.71. The molecule has 0 saturated heterocycles. The van der Waals surface area contributed by atoms with Gasteiger partial charge in [0.1, 0.15) is 0 Å². The van der Waals surface area contributed by atoms with E-state index in [1.54, 1.807) is 12.1 Å². The quantitative estimate of drug-likeness (QED) is 0.353. The maximum Gasteiger partial charge on any atom is 0.373 e. The monoisotopic (exact) mass is 278 g/mol. The van der Waals surface area contributed by atoms with Gasteiger partial charge in [0.25, 0.3) is 0 Å². The topological polar surface area (TPSA) is 35.5 Å². The van der Waals surface area contributed by atoms with E-state index in [0.29, 0.717) is 12.2 Å². The number of rotatable bonds is 10. The summed E-state index contributed by atoms with van der Waals surface area (Å²) in [6.45, 7) is 4.78. The number of carbonyl (C=O) groups excluding carboxylic acids is 1. The lowest BCUT2D eigenvalue weighted by atomic mass is 10.1. The van der Waals surface area contributed by atoms with Gasteiger partial charge in [-0.3, -0.25) is 4.89 Å². The van der Waals surface area contributed by atoms with Gasteiger partial charge in [-0.15, -0.1) is 0 Å². The predicted octanol–water partition coefficient (Wildman–Crippen LogP) is 4.70. The molecular weight excluding hydrogens is 252 g/mol. The summed E-state index contributed by atoms with van der Waals surface area (Å²) in [5.74, 6) is -0.415. The molecule has 0 spiro atoms. The molecular formula is C17H26O3. The molecule has 0 aliphatic carbocycles. The molecule has 3 nitrogen and oxygen atoms in total. The fourth-order valence-electron chi connectivity index (χ4n) is 1.94. The van der Waals surface area contributed by atoms with E-state index in [0.717, 1.165) is 25.7 Å². The summed E-state index contributed by atoms with van der Waals surface area (Å²) in [7, 11) is 0. The molecule has 1 aromatic carbocycles. The molecule has 0 aliphatic heterocycles. The highest BCUT2D eigenvalue weighted by molar-refractivity contribution is 5.88. The molecule has 0 heterocycles. The summed E-state index contributed by atoms with van der Waals surface area (Å²) in [5.41, 5.74) is 1.80. The third-order valence-corrected chi connectivity index (χ3v) is 3.22.